The third-order valence-corrected chi connectivity index (χ3v) is 3.25. The van der Waals surface area contributed by atoms with E-state index in [4.69, 9.17) is 0 Å². The molecule has 0 saturated carbocycles. The van der Waals surface area contributed by atoms with E-state index in [-0.39, 0.29) is 11.5 Å². The predicted octanol–water partition coefficient (Wildman–Crippen LogP) is 1.57. The van der Waals surface area contributed by atoms with Crippen LogP contribution in [0.5, 0.6) is 0 Å². The van der Waals surface area contributed by atoms with E-state index in [1.165, 1.54) is 18.2 Å². The average molecular weight is 264 g/mol. The molecule has 1 atom stereocenters. The first kappa shape index (κ1) is 13.5. The Morgan fingerprint density at radius 3 is 2.53 bits per heavy atom. The Balaban J connectivity index is 1.98. The van der Waals surface area contributed by atoms with Crippen LogP contribution in [0.4, 0.5) is 4.39 Å². The molecule has 0 radical (unpaired) electrons. The monoisotopic (exact) mass is 264 g/mol. The Bertz CT molecular complexity index is 484. The van der Waals surface area contributed by atoms with Gasteiger partial charge >= 0.3 is 0 Å². The molecule has 1 aromatic rings. The van der Waals surface area contributed by atoms with Gasteiger partial charge in [0.15, 0.2) is 0 Å². The third-order valence-electron chi connectivity index (χ3n) is 3.25. The molecule has 2 amide bonds. The third kappa shape index (κ3) is 3.10. The molecule has 102 valence electrons. The SMILES string of the molecule is C[C@H](NC(=O)c1ccccc1F)C(=O)N1CCCC1. The highest BCUT2D eigenvalue weighted by Gasteiger charge is 2.25. The number of hydrogen-bond donors (Lipinski definition) is 1. The highest BCUT2D eigenvalue weighted by atomic mass is 19.1. The lowest BCUT2D eigenvalue weighted by atomic mass is 10.2. The van der Waals surface area contributed by atoms with Gasteiger partial charge < -0.3 is 10.2 Å². The minimum atomic E-state index is -0.634. The number of likely N-dealkylation sites (tertiary alicyclic amines) is 1. The molecule has 1 aliphatic rings. The van der Waals surface area contributed by atoms with Gasteiger partial charge in [-0.05, 0) is 31.9 Å². The average Bonchev–Trinajstić information content (AvgIpc) is 2.92. The number of carbonyl (C=O) groups excluding carboxylic acids is 2. The van der Waals surface area contributed by atoms with Gasteiger partial charge in [-0.2, -0.15) is 0 Å². The Morgan fingerprint density at radius 2 is 1.89 bits per heavy atom. The molecule has 0 unspecified atom stereocenters. The van der Waals surface area contributed by atoms with E-state index in [9.17, 15) is 14.0 Å². The van der Waals surface area contributed by atoms with Crippen molar-refractivity contribution in [1.82, 2.24) is 10.2 Å². The van der Waals surface area contributed by atoms with Crippen molar-refractivity contribution in [1.29, 1.82) is 0 Å². The van der Waals surface area contributed by atoms with Gasteiger partial charge in [-0.25, -0.2) is 4.39 Å². The van der Waals surface area contributed by atoms with Crippen molar-refractivity contribution in [3.05, 3.63) is 35.6 Å². The molecule has 1 aliphatic heterocycles. The molecule has 1 heterocycles. The van der Waals surface area contributed by atoms with Gasteiger partial charge in [-0.1, -0.05) is 12.1 Å². The highest BCUT2D eigenvalue weighted by Crippen LogP contribution is 2.10. The van der Waals surface area contributed by atoms with Gasteiger partial charge in [0.25, 0.3) is 5.91 Å². The Kier molecular flexibility index (Phi) is 4.14. The fraction of sp³-hybridized carbons (Fsp3) is 0.429. The number of benzene rings is 1. The smallest absolute Gasteiger partial charge is 0.254 e. The molecule has 19 heavy (non-hydrogen) atoms. The fourth-order valence-corrected chi connectivity index (χ4v) is 2.19. The first-order valence-electron chi connectivity index (χ1n) is 6.44. The standard InChI is InChI=1S/C14H17FN2O2/c1-10(14(19)17-8-4-5-9-17)16-13(18)11-6-2-3-7-12(11)15/h2-3,6-7,10H,4-5,8-9H2,1H3,(H,16,18)/t10-/m0/s1. The maximum atomic E-state index is 13.4. The Labute approximate surface area is 111 Å². The minimum Gasteiger partial charge on any atom is -0.341 e. The molecular formula is C14H17FN2O2. The van der Waals surface area contributed by atoms with Crippen molar-refractivity contribution in [2.75, 3.05) is 13.1 Å². The van der Waals surface area contributed by atoms with Crippen molar-refractivity contribution in [2.24, 2.45) is 0 Å². The van der Waals surface area contributed by atoms with Crippen LogP contribution in [0, 0.1) is 5.82 Å². The quantitative estimate of drug-likeness (QED) is 0.900. The summed E-state index contributed by atoms with van der Waals surface area (Å²) in [4.78, 5) is 25.6. The lowest BCUT2D eigenvalue weighted by molar-refractivity contribution is -0.131. The summed E-state index contributed by atoms with van der Waals surface area (Å²) >= 11 is 0. The molecule has 0 aromatic heterocycles. The second kappa shape index (κ2) is 5.82. The van der Waals surface area contributed by atoms with Crippen LogP contribution in [-0.4, -0.2) is 35.8 Å². The number of rotatable bonds is 3. The van der Waals surface area contributed by atoms with Gasteiger partial charge in [-0.3, -0.25) is 9.59 Å². The summed E-state index contributed by atoms with van der Waals surface area (Å²) in [6.45, 7) is 3.09. The van der Waals surface area contributed by atoms with Crippen molar-refractivity contribution >= 4 is 11.8 Å². The van der Waals surface area contributed by atoms with Crippen LogP contribution in [0.25, 0.3) is 0 Å². The van der Waals surface area contributed by atoms with E-state index in [0.717, 1.165) is 25.9 Å². The molecule has 0 aliphatic carbocycles. The van der Waals surface area contributed by atoms with E-state index in [2.05, 4.69) is 5.32 Å². The highest BCUT2D eigenvalue weighted by molar-refractivity contribution is 5.97. The first-order valence-corrected chi connectivity index (χ1v) is 6.44. The Hall–Kier alpha value is -1.91. The van der Waals surface area contributed by atoms with Crippen LogP contribution in [0.15, 0.2) is 24.3 Å². The molecule has 5 heteroatoms. The van der Waals surface area contributed by atoms with Crippen LogP contribution < -0.4 is 5.32 Å². The van der Waals surface area contributed by atoms with Gasteiger partial charge in [0.1, 0.15) is 11.9 Å². The molecule has 4 nitrogen and oxygen atoms in total. The summed E-state index contributed by atoms with van der Waals surface area (Å²) in [6, 6.07) is 5.10. The lowest BCUT2D eigenvalue weighted by Gasteiger charge is -2.21. The van der Waals surface area contributed by atoms with Crippen molar-refractivity contribution in [3.8, 4) is 0 Å². The number of amides is 2. The van der Waals surface area contributed by atoms with Crippen LogP contribution in [0.1, 0.15) is 30.1 Å². The molecule has 1 aromatic carbocycles. The van der Waals surface area contributed by atoms with E-state index in [0.29, 0.717) is 0 Å². The maximum Gasteiger partial charge on any atom is 0.254 e. The second-order valence-electron chi connectivity index (χ2n) is 4.71. The zero-order valence-electron chi connectivity index (χ0n) is 10.9. The molecule has 1 saturated heterocycles. The van der Waals surface area contributed by atoms with E-state index in [1.807, 2.05) is 0 Å². The van der Waals surface area contributed by atoms with Crippen molar-refractivity contribution < 1.29 is 14.0 Å². The normalized spacial score (nSPS) is 16.2. The summed E-state index contributed by atoms with van der Waals surface area (Å²) in [5, 5.41) is 2.54. The molecule has 1 N–H and O–H groups in total. The van der Waals surface area contributed by atoms with Crippen LogP contribution in [-0.2, 0) is 4.79 Å². The number of nitrogens with zero attached hydrogens (tertiary/aromatic N) is 1. The van der Waals surface area contributed by atoms with Crippen LogP contribution >= 0.6 is 0 Å². The van der Waals surface area contributed by atoms with Crippen LogP contribution in [0.3, 0.4) is 0 Å². The fourth-order valence-electron chi connectivity index (χ4n) is 2.19. The summed E-state index contributed by atoms with van der Waals surface area (Å²) in [5.41, 5.74) is -0.0384. The van der Waals surface area contributed by atoms with E-state index >= 15 is 0 Å². The zero-order valence-corrected chi connectivity index (χ0v) is 10.9. The number of carbonyl (C=O) groups is 2. The molecule has 0 bridgehead atoms. The lowest BCUT2D eigenvalue weighted by Crippen LogP contribution is -2.46. The number of nitrogens with one attached hydrogen (secondary N) is 1. The first-order chi connectivity index (χ1) is 9.09. The predicted molar refractivity (Wildman–Crippen MR) is 69.1 cm³/mol. The maximum absolute atomic E-state index is 13.4. The van der Waals surface area contributed by atoms with Gasteiger partial charge in [0.2, 0.25) is 5.91 Å². The largest absolute Gasteiger partial charge is 0.341 e. The number of hydrogen-bond acceptors (Lipinski definition) is 2. The summed E-state index contributed by atoms with van der Waals surface area (Å²) in [7, 11) is 0. The summed E-state index contributed by atoms with van der Waals surface area (Å²) < 4.78 is 13.4. The second-order valence-corrected chi connectivity index (χ2v) is 4.71. The van der Waals surface area contributed by atoms with Gasteiger partial charge in [0, 0.05) is 13.1 Å². The molecular weight excluding hydrogens is 247 g/mol. The molecule has 0 spiro atoms. The minimum absolute atomic E-state index is 0.0384. The van der Waals surface area contributed by atoms with Crippen molar-refractivity contribution in [3.63, 3.8) is 0 Å². The van der Waals surface area contributed by atoms with Gasteiger partial charge in [-0.15, -0.1) is 0 Å². The molecule has 2 rings (SSSR count). The van der Waals surface area contributed by atoms with E-state index < -0.39 is 17.8 Å². The Morgan fingerprint density at radius 1 is 1.26 bits per heavy atom. The summed E-state index contributed by atoms with van der Waals surface area (Å²) in [6.07, 6.45) is 2.00. The zero-order chi connectivity index (χ0) is 13.8. The van der Waals surface area contributed by atoms with Gasteiger partial charge in [0.05, 0.1) is 5.56 Å². The van der Waals surface area contributed by atoms with Crippen molar-refractivity contribution in [2.45, 2.75) is 25.8 Å². The van der Waals surface area contributed by atoms with E-state index in [1.54, 1.807) is 17.9 Å². The number of halogens is 1. The topological polar surface area (TPSA) is 49.4 Å². The summed E-state index contributed by atoms with van der Waals surface area (Å²) in [5.74, 6) is -1.25. The van der Waals surface area contributed by atoms with Crippen LogP contribution in [0.2, 0.25) is 0 Å². The molecule has 1 fully saturated rings.